The van der Waals surface area contributed by atoms with Crippen LogP contribution in [0.2, 0.25) is 0 Å². The summed E-state index contributed by atoms with van der Waals surface area (Å²) in [6.45, 7) is 4.42. The van der Waals surface area contributed by atoms with Gasteiger partial charge in [0.25, 0.3) is 0 Å². The van der Waals surface area contributed by atoms with Gasteiger partial charge in [-0.3, -0.25) is 0 Å². The van der Waals surface area contributed by atoms with Crippen LogP contribution in [0.4, 0.5) is 0 Å². The topological polar surface area (TPSA) is 0 Å². The van der Waals surface area contributed by atoms with Gasteiger partial charge in [-0.2, -0.15) is 0 Å². The van der Waals surface area contributed by atoms with E-state index in [4.69, 9.17) is 0 Å². The Labute approximate surface area is 102 Å². The Bertz CT molecular complexity index is 167. The molecule has 0 aromatic rings. The SMILES string of the molecule is CC1=C(C)[C]([Zr+3])=CC1.[Cl-].[Cl-].[Cl-]. The average molecular weight is 291 g/mol. The van der Waals surface area contributed by atoms with Gasteiger partial charge in [-0.1, -0.05) is 0 Å². The molecular formula is C7H9Cl3Zr. The molecule has 0 unspecified atom stereocenters. The van der Waals surface area contributed by atoms with E-state index in [0.29, 0.717) is 0 Å². The van der Waals surface area contributed by atoms with Crippen LogP contribution < -0.4 is 37.2 Å². The Morgan fingerprint density at radius 3 is 1.73 bits per heavy atom. The fourth-order valence-corrected chi connectivity index (χ4v) is 1.57. The third kappa shape index (κ3) is 4.73. The molecule has 0 radical (unpaired) electrons. The average Bonchev–Trinajstić information content (AvgIpc) is 1.98. The minimum absolute atomic E-state index is 0. The first-order valence-corrected chi connectivity index (χ1v) is 4.03. The van der Waals surface area contributed by atoms with Crippen LogP contribution in [0, 0.1) is 0 Å². The van der Waals surface area contributed by atoms with Crippen molar-refractivity contribution in [1.82, 2.24) is 0 Å². The zero-order valence-corrected chi connectivity index (χ0v) is 11.1. The number of hydrogen-bond acceptors (Lipinski definition) is 0. The monoisotopic (exact) mass is 288 g/mol. The van der Waals surface area contributed by atoms with Gasteiger partial charge in [0, 0.05) is 0 Å². The van der Waals surface area contributed by atoms with E-state index >= 15 is 0 Å². The maximum Gasteiger partial charge on any atom is -1.00 e. The molecule has 0 saturated heterocycles. The van der Waals surface area contributed by atoms with Crippen molar-refractivity contribution < 1.29 is 61.9 Å². The molecule has 0 heterocycles. The van der Waals surface area contributed by atoms with Gasteiger partial charge in [-0.15, -0.1) is 0 Å². The van der Waals surface area contributed by atoms with Crippen molar-refractivity contribution >= 4 is 0 Å². The molecule has 0 aliphatic heterocycles. The smallest absolute Gasteiger partial charge is 1.00 e. The van der Waals surface area contributed by atoms with Crippen molar-refractivity contribution in [3.8, 4) is 0 Å². The zero-order chi connectivity index (χ0) is 6.15. The first kappa shape index (κ1) is 18.1. The Morgan fingerprint density at radius 2 is 1.64 bits per heavy atom. The molecule has 0 nitrogen and oxygen atoms in total. The summed E-state index contributed by atoms with van der Waals surface area (Å²) >= 11 is 1.56. The molecule has 62 valence electrons. The first-order chi connectivity index (χ1) is 3.72. The van der Waals surface area contributed by atoms with Crippen molar-refractivity contribution in [2.45, 2.75) is 20.3 Å². The third-order valence-electron chi connectivity index (χ3n) is 1.66. The Morgan fingerprint density at radius 1 is 1.18 bits per heavy atom. The predicted molar refractivity (Wildman–Crippen MR) is 31.1 cm³/mol. The van der Waals surface area contributed by atoms with Crippen molar-refractivity contribution in [2.24, 2.45) is 0 Å². The summed E-state index contributed by atoms with van der Waals surface area (Å²) in [6.07, 6.45) is 3.52. The number of allylic oxidation sites excluding steroid dienone is 4. The van der Waals surface area contributed by atoms with E-state index in [1.54, 1.807) is 33.6 Å². The van der Waals surface area contributed by atoms with E-state index < -0.39 is 0 Å². The van der Waals surface area contributed by atoms with Crippen LogP contribution in [-0.2, 0) is 24.7 Å². The molecule has 1 aliphatic carbocycles. The van der Waals surface area contributed by atoms with Gasteiger partial charge in [-0.05, 0) is 0 Å². The maximum absolute atomic E-state index is 2.32. The first-order valence-electron chi connectivity index (χ1n) is 2.80. The van der Waals surface area contributed by atoms with Crippen LogP contribution in [0.25, 0.3) is 0 Å². The Hall–Kier alpha value is 1.23. The van der Waals surface area contributed by atoms with E-state index in [2.05, 4.69) is 19.9 Å². The summed E-state index contributed by atoms with van der Waals surface area (Å²) in [5.74, 6) is 0. The number of hydrogen-bond donors (Lipinski definition) is 0. The molecule has 0 aromatic carbocycles. The maximum atomic E-state index is 2.32. The van der Waals surface area contributed by atoms with Gasteiger partial charge in [0.2, 0.25) is 0 Å². The molecule has 1 rings (SSSR count). The summed E-state index contributed by atoms with van der Waals surface area (Å²) in [7, 11) is 0. The van der Waals surface area contributed by atoms with E-state index in [-0.39, 0.29) is 37.2 Å². The summed E-state index contributed by atoms with van der Waals surface area (Å²) in [5.41, 5.74) is 3.08. The van der Waals surface area contributed by atoms with E-state index in [1.165, 1.54) is 12.0 Å². The normalized spacial score (nSPS) is 14.4. The van der Waals surface area contributed by atoms with Crippen LogP contribution in [0.3, 0.4) is 0 Å². The minimum atomic E-state index is 0. The Balaban J connectivity index is -0.000000213. The van der Waals surface area contributed by atoms with Gasteiger partial charge in [0.15, 0.2) is 0 Å². The number of rotatable bonds is 0. The summed E-state index contributed by atoms with van der Waals surface area (Å²) < 4.78 is 1.55. The summed E-state index contributed by atoms with van der Waals surface area (Å²) in [6, 6.07) is 0. The van der Waals surface area contributed by atoms with Crippen molar-refractivity contribution in [3.05, 3.63) is 20.5 Å². The van der Waals surface area contributed by atoms with Crippen LogP contribution in [0.15, 0.2) is 20.5 Å². The van der Waals surface area contributed by atoms with Crippen LogP contribution in [-0.4, -0.2) is 0 Å². The Kier molecular flexibility index (Phi) is 12.9. The van der Waals surface area contributed by atoms with Gasteiger partial charge in [-0.25, -0.2) is 0 Å². The molecule has 0 amide bonds. The molecule has 0 bridgehead atoms. The van der Waals surface area contributed by atoms with Crippen LogP contribution >= 0.6 is 0 Å². The van der Waals surface area contributed by atoms with E-state index in [9.17, 15) is 0 Å². The fraction of sp³-hybridized carbons (Fsp3) is 0.429. The van der Waals surface area contributed by atoms with Gasteiger partial charge in [0.05, 0.1) is 0 Å². The standard InChI is InChI=1S/C7H9.3ClH.Zr/c1-6-4-3-5-7(6)2;;;;/h3H,4H2,1-2H3;3*1H;/q;;;;+3/p-3. The number of halogens is 3. The summed E-state index contributed by atoms with van der Waals surface area (Å²) in [4.78, 5) is 0. The van der Waals surface area contributed by atoms with Crippen molar-refractivity contribution in [1.29, 1.82) is 0 Å². The van der Waals surface area contributed by atoms with Gasteiger partial charge >= 0.3 is 65.5 Å². The second-order valence-electron chi connectivity index (χ2n) is 2.23. The second-order valence-corrected chi connectivity index (χ2v) is 3.55. The van der Waals surface area contributed by atoms with E-state index in [0.717, 1.165) is 0 Å². The van der Waals surface area contributed by atoms with Crippen LogP contribution in [0.5, 0.6) is 0 Å². The molecule has 11 heavy (non-hydrogen) atoms. The molecule has 0 N–H and O–H groups in total. The molecular weight excluding hydrogens is 282 g/mol. The molecule has 1 aliphatic rings. The summed E-state index contributed by atoms with van der Waals surface area (Å²) in [5, 5.41) is 0. The second kappa shape index (κ2) is 7.86. The molecule has 0 aromatic heterocycles. The van der Waals surface area contributed by atoms with Crippen molar-refractivity contribution in [2.75, 3.05) is 0 Å². The largest absolute Gasteiger partial charge is 1.00 e. The van der Waals surface area contributed by atoms with Crippen molar-refractivity contribution in [3.63, 3.8) is 0 Å². The minimum Gasteiger partial charge on any atom is -1.00 e. The van der Waals surface area contributed by atoms with E-state index in [1.807, 2.05) is 0 Å². The third-order valence-corrected chi connectivity index (χ3v) is 3.08. The quantitative estimate of drug-likeness (QED) is 0.416. The zero-order valence-electron chi connectivity index (χ0n) is 6.42. The molecule has 0 spiro atoms. The van der Waals surface area contributed by atoms with Gasteiger partial charge in [0.1, 0.15) is 0 Å². The molecule has 0 atom stereocenters. The van der Waals surface area contributed by atoms with Crippen LogP contribution in [0.1, 0.15) is 20.3 Å². The van der Waals surface area contributed by atoms with Gasteiger partial charge < -0.3 is 37.2 Å². The molecule has 4 heteroatoms. The predicted octanol–water partition coefficient (Wildman–Crippen LogP) is -6.83. The molecule has 0 fully saturated rings. The fourth-order valence-electron chi connectivity index (χ4n) is 0.791. The molecule has 0 saturated carbocycles.